The van der Waals surface area contributed by atoms with Crippen LogP contribution in [-0.2, 0) is 19.4 Å². The van der Waals surface area contributed by atoms with Crippen molar-refractivity contribution < 1.29 is 0 Å². The van der Waals surface area contributed by atoms with Gasteiger partial charge in [0.2, 0.25) is 0 Å². The van der Waals surface area contributed by atoms with Gasteiger partial charge in [-0.05, 0) is 32.3 Å². The molecule has 1 aliphatic rings. The van der Waals surface area contributed by atoms with Gasteiger partial charge in [-0.1, -0.05) is 36.8 Å². The molecule has 1 atom stereocenters. The number of hydrogen-bond acceptors (Lipinski definition) is 3. The van der Waals surface area contributed by atoms with Crippen molar-refractivity contribution >= 4 is 5.96 Å². The molecular weight excluding hydrogens is 324 g/mol. The molecule has 1 aromatic heterocycles. The molecule has 3 rings (SSSR count). The van der Waals surface area contributed by atoms with Gasteiger partial charge in [0.25, 0.3) is 0 Å². The van der Waals surface area contributed by atoms with Crippen LogP contribution in [0.4, 0.5) is 0 Å². The largest absolute Gasteiger partial charge is 0.357 e. The fourth-order valence-electron chi connectivity index (χ4n) is 3.35. The maximum atomic E-state index is 4.74. The average Bonchev–Trinajstić information content (AvgIpc) is 2.89. The topological polar surface area (TPSA) is 67.1 Å². The third kappa shape index (κ3) is 4.84. The van der Waals surface area contributed by atoms with Crippen LogP contribution in [0.1, 0.15) is 56.4 Å². The number of benzene rings is 1. The smallest absolute Gasteiger partial charge is 0.191 e. The molecule has 26 heavy (non-hydrogen) atoms. The second kappa shape index (κ2) is 9.36. The van der Waals surface area contributed by atoms with Gasteiger partial charge in [0.15, 0.2) is 5.96 Å². The Morgan fingerprint density at radius 2 is 2.04 bits per heavy atom. The zero-order valence-corrected chi connectivity index (χ0v) is 15.9. The lowest BCUT2D eigenvalue weighted by Gasteiger charge is -2.18. The summed E-state index contributed by atoms with van der Waals surface area (Å²) in [7, 11) is 0. The van der Waals surface area contributed by atoms with Crippen LogP contribution in [0.15, 0.2) is 35.3 Å². The normalized spacial score (nSPS) is 15.8. The van der Waals surface area contributed by atoms with Crippen molar-refractivity contribution in [3.63, 3.8) is 0 Å². The summed E-state index contributed by atoms with van der Waals surface area (Å²) in [6.45, 7) is 6.83. The van der Waals surface area contributed by atoms with Crippen molar-refractivity contribution in [1.82, 2.24) is 25.4 Å². The predicted molar refractivity (Wildman–Crippen MR) is 105 cm³/mol. The zero-order valence-electron chi connectivity index (χ0n) is 15.9. The van der Waals surface area contributed by atoms with E-state index >= 15 is 0 Å². The lowest BCUT2D eigenvalue weighted by Crippen LogP contribution is -2.38. The van der Waals surface area contributed by atoms with E-state index in [1.165, 1.54) is 24.8 Å². The number of aryl methyl sites for hydroxylation is 1. The van der Waals surface area contributed by atoms with Crippen LogP contribution in [0.3, 0.4) is 0 Å². The van der Waals surface area contributed by atoms with Crippen LogP contribution < -0.4 is 10.6 Å². The summed E-state index contributed by atoms with van der Waals surface area (Å²) >= 11 is 0. The Bertz CT molecular complexity index is 706. The number of guanidine groups is 1. The van der Waals surface area contributed by atoms with E-state index in [0.29, 0.717) is 6.54 Å². The van der Waals surface area contributed by atoms with Gasteiger partial charge in [-0.25, -0.2) is 0 Å². The van der Waals surface area contributed by atoms with E-state index in [1.807, 2.05) is 6.07 Å². The highest BCUT2D eigenvalue weighted by Gasteiger charge is 2.14. The van der Waals surface area contributed by atoms with E-state index in [-0.39, 0.29) is 6.04 Å². The summed E-state index contributed by atoms with van der Waals surface area (Å²) < 4.78 is 2.30. The molecule has 1 unspecified atom stereocenters. The number of nitrogens with zero attached hydrogens (tertiary/aromatic N) is 4. The Kier molecular flexibility index (Phi) is 6.63. The van der Waals surface area contributed by atoms with Crippen LogP contribution in [0, 0.1) is 0 Å². The molecule has 6 heteroatoms. The number of hydrogen-bond donors (Lipinski definition) is 2. The van der Waals surface area contributed by atoms with Gasteiger partial charge in [-0.2, -0.15) is 0 Å². The van der Waals surface area contributed by atoms with Gasteiger partial charge >= 0.3 is 0 Å². The Labute approximate surface area is 156 Å². The van der Waals surface area contributed by atoms with E-state index < -0.39 is 0 Å². The van der Waals surface area contributed by atoms with Gasteiger partial charge in [0, 0.05) is 32.5 Å². The SMILES string of the molecule is CCNC(=NCCc1nnc2n1CCCCC2)NC(C)c1ccccc1. The number of rotatable bonds is 6. The standard InChI is InChI=1S/C20H30N6/c1-3-21-20(23-16(2)17-10-6-4-7-11-17)22-14-13-19-25-24-18-12-8-5-9-15-26(18)19/h4,6-7,10-11,16H,3,5,8-9,12-15H2,1-2H3,(H2,21,22,23). The first-order valence-corrected chi connectivity index (χ1v) is 9.78. The van der Waals surface area contributed by atoms with Crippen LogP contribution in [-0.4, -0.2) is 33.8 Å². The second-order valence-electron chi connectivity index (χ2n) is 6.78. The van der Waals surface area contributed by atoms with Crippen LogP contribution in [0.2, 0.25) is 0 Å². The first kappa shape index (κ1) is 18.4. The molecule has 0 bridgehead atoms. The quantitative estimate of drug-likeness (QED) is 0.618. The molecule has 2 heterocycles. The van der Waals surface area contributed by atoms with E-state index in [9.17, 15) is 0 Å². The van der Waals surface area contributed by atoms with Crippen LogP contribution >= 0.6 is 0 Å². The molecule has 0 radical (unpaired) electrons. The summed E-state index contributed by atoms with van der Waals surface area (Å²) in [6, 6.07) is 10.6. The van der Waals surface area contributed by atoms with E-state index in [4.69, 9.17) is 4.99 Å². The van der Waals surface area contributed by atoms with Crippen molar-refractivity contribution in [3.05, 3.63) is 47.5 Å². The summed E-state index contributed by atoms with van der Waals surface area (Å²) in [5.41, 5.74) is 1.25. The van der Waals surface area contributed by atoms with Gasteiger partial charge in [0.05, 0.1) is 6.04 Å². The van der Waals surface area contributed by atoms with Gasteiger partial charge in [-0.15, -0.1) is 10.2 Å². The van der Waals surface area contributed by atoms with E-state index in [1.54, 1.807) is 0 Å². The molecule has 0 spiro atoms. The van der Waals surface area contributed by atoms with E-state index in [0.717, 1.165) is 43.5 Å². The monoisotopic (exact) mass is 354 g/mol. The summed E-state index contributed by atoms with van der Waals surface area (Å²) in [4.78, 5) is 4.74. The molecule has 0 saturated heterocycles. The lowest BCUT2D eigenvalue weighted by atomic mass is 10.1. The zero-order chi connectivity index (χ0) is 18.2. The maximum Gasteiger partial charge on any atom is 0.191 e. The highest BCUT2D eigenvalue weighted by molar-refractivity contribution is 5.80. The minimum Gasteiger partial charge on any atom is -0.357 e. The van der Waals surface area contributed by atoms with Crippen LogP contribution in [0.25, 0.3) is 0 Å². The van der Waals surface area contributed by atoms with Crippen molar-refractivity contribution in [2.45, 2.75) is 58.5 Å². The van der Waals surface area contributed by atoms with E-state index in [2.05, 4.69) is 63.5 Å². The highest BCUT2D eigenvalue weighted by atomic mass is 15.3. The summed E-state index contributed by atoms with van der Waals surface area (Å²) in [6.07, 6.45) is 5.60. The third-order valence-electron chi connectivity index (χ3n) is 4.79. The number of aliphatic imine (C=N–C) groups is 1. The molecule has 6 nitrogen and oxygen atoms in total. The molecule has 2 aromatic rings. The van der Waals surface area contributed by atoms with Crippen molar-refractivity contribution in [3.8, 4) is 0 Å². The fraction of sp³-hybridized carbons (Fsp3) is 0.550. The fourth-order valence-corrected chi connectivity index (χ4v) is 3.35. The number of nitrogens with one attached hydrogen (secondary N) is 2. The molecule has 0 aliphatic carbocycles. The molecule has 2 N–H and O–H groups in total. The third-order valence-corrected chi connectivity index (χ3v) is 4.79. The Morgan fingerprint density at radius 1 is 1.19 bits per heavy atom. The molecular formula is C20H30N6. The Hall–Kier alpha value is -2.37. The molecule has 1 aromatic carbocycles. The molecule has 0 amide bonds. The summed E-state index contributed by atoms with van der Waals surface area (Å²) in [5.74, 6) is 3.06. The Balaban J connectivity index is 1.60. The molecule has 140 valence electrons. The molecule has 0 fully saturated rings. The minimum atomic E-state index is 0.207. The van der Waals surface area contributed by atoms with Crippen molar-refractivity contribution in [2.24, 2.45) is 4.99 Å². The van der Waals surface area contributed by atoms with Gasteiger partial charge in [-0.3, -0.25) is 4.99 Å². The van der Waals surface area contributed by atoms with Gasteiger partial charge < -0.3 is 15.2 Å². The number of aromatic nitrogens is 3. The number of fused-ring (bicyclic) bond motifs is 1. The molecule has 0 saturated carbocycles. The Morgan fingerprint density at radius 3 is 2.85 bits per heavy atom. The van der Waals surface area contributed by atoms with Gasteiger partial charge in [0.1, 0.15) is 11.6 Å². The first-order valence-electron chi connectivity index (χ1n) is 9.78. The minimum absolute atomic E-state index is 0.207. The second-order valence-corrected chi connectivity index (χ2v) is 6.78. The average molecular weight is 355 g/mol. The lowest BCUT2D eigenvalue weighted by molar-refractivity contribution is 0.604. The predicted octanol–water partition coefficient (Wildman–Crippen LogP) is 2.86. The molecule has 1 aliphatic heterocycles. The maximum absolute atomic E-state index is 4.74. The highest BCUT2D eigenvalue weighted by Crippen LogP contribution is 2.15. The van der Waals surface area contributed by atoms with Crippen LogP contribution in [0.5, 0.6) is 0 Å². The summed E-state index contributed by atoms with van der Waals surface area (Å²) in [5, 5.41) is 15.6. The van der Waals surface area contributed by atoms with Crippen molar-refractivity contribution in [1.29, 1.82) is 0 Å². The van der Waals surface area contributed by atoms with Crippen molar-refractivity contribution in [2.75, 3.05) is 13.1 Å². The first-order chi connectivity index (χ1) is 12.8.